The molecule has 3 aromatic rings. The van der Waals surface area contributed by atoms with Gasteiger partial charge in [0, 0.05) is 27.8 Å². The van der Waals surface area contributed by atoms with Crippen molar-refractivity contribution < 1.29 is 4.79 Å². The molecular formula is C22H19Cl2N3O2. The maximum atomic E-state index is 13.2. The SMILES string of the molecule is CC(=O)c1c(-c2cccc(Cl)c2)nn(CC2CC2)c(=O)c1Nc1cccc(Cl)c1. The number of benzene rings is 2. The molecule has 148 valence electrons. The first-order valence-electron chi connectivity index (χ1n) is 9.37. The van der Waals surface area contributed by atoms with Crippen LogP contribution in [0.5, 0.6) is 0 Å². The highest BCUT2D eigenvalue weighted by atomic mass is 35.5. The van der Waals surface area contributed by atoms with Crippen molar-refractivity contribution in [2.75, 3.05) is 5.32 Å². The van der Waals surface area contributed by atoms with Gasteiger partial charge in [0.2, 0.25) is 0 Å². The summed E-state index contributed by atoms with van der Waals surface area (Å²) in [6, 6.07) is 14.1. The van der Waals surface area contributed by atoms with Crippen molar-refractivity contribution in [1.29, 1.82) is 0 Å². The second-order valence-electron chi connectivity index (χ2n) is 7.23. The third-order valence-corrected chi connectivity index (χ3v) is 5.30. The minimum Gasteiger partial charge on any atom is -0.350 e. The van der Waals surface area contributed by atoms with Gasteiger partial charge in [-0.05, 0) is 56.0 Å². The van der Waals surface area contributed by atoms with Crippen molar-refractivity contribution in [1.82, 2.24) is 9.78 Å². The first kappa shape index (κ1) is 19.7. The molecule has 0 unspecified atom stereocenters. The zero-order chi connectivity index (χ0) is 20.5. The number of Topliss-reactive ketones (excluding diaryl/α,β-unsaturated/α-hetero) is 1. The van der Waals surface area contributed by atoms with Crippen LogP contribution in [0.15, 0.2) is 53.3 Å². The Morgan fingerprint density at radius 3 is 2.45 bits per heavy atom. The lowest BCUT2D eigenvalue weighted by molar-refractivity contribution is 0.101. The number of carbonyl (C=O) groups is 1. The van der Waals surface area contributed by atoms with Gasteiger partial charge in [-0.15, -0.1) is 0 Å². The predicted octanol–water partition coefficient (Wildman–Crippen LogP) is 5.57. The van der Waals surface area contributed by atoms with Gasteiger partial charge in [-0.3, -0.25) is 9.59 Å². The van der Waals surface area contributed by atoms with E-state index in [4.69, 9.17) is 23.2 Å². The van der Waals surface area contributed by atoms with Crippen molar-refractivity contribution >= 4 is 40.4 Å². The summed E-state index contributed by atoms with van der Waals surface area (Å²) in [6.07, 6.45) is 2.15. The molecule has 2 aromatic carbocycles. The Labute approximate surface area is 178 Å². The number of rotatable bonds is 6. The molecule has 4 rings (SSSR count). The van der Waals surface area contributed by atoms with Crippen LogP contribution in [0.3, 0.4) is 0 Å². The zero-order valence-electron chi connectivity index (χ0n) is 15.8. The molecule has 1 fully saturated rings. The second kappa shape index (κ2) is 8.01. The standard InChI is InChI=1S/C22H19Cl2N3O2/c1-13(28)19-20(15-4-2-5-16(23)10-15)26-27(12-14-8-9-14)22(29)21(19)25-18-7-3-6-17(24)11-18/h2-7,10-11,14,25H,8-9,12H2,1H3. The molecule has 0 spiro atoms. The Morgan fingerprint density at radius 1 is 1.14 bits per heavy atom. The summed E-state index contributed by atoms with van der Waals surface area (Å²) in [5.74, 6) is 0.183. The van der Waals surface area contributed by atoms with Crippen LogP contribution in [-0.2, 0) is 6.54 Å². The quantitative estimate of drug-likeness (QED) is 0.521. The first-order chi connectivity index (χ1) is 13.9. The Balaban J connectivity index is 1.94. The van der Waals surface area contributed by atoms with E-state index < -0.39 is 0 Å². The molecular weight excluding hydrogens is 409 g/mol. The summed E-state index contributed by atoms with van der Waals surface area (Å²) in [4.78, 5) is 25.8. The first-order valence-corrected chi connectivity index (χ1v) is 10.1. The average molecular weight is 428 g/mol. The number of hydrogen-bond donors (Lipinski definition) is 1. The lowest BCUT2D eigenvalue weighted by atomic mass is 10.0. The third kappa shape index (κ3) is 4.36. The third-order valence-electron chi connectivity index (χ3n) is 4.83. The summed E-state index contributed by atoms with van der Waals surface area (Å²) in [6.45, 7) is 1.95. The molecule has 0 atom stereocenters. The second-order valence-corrected chi connectivity index (χ2v) is 8.10. The summed E-state index contributed by atoms with van der Waals surface area (Å²) in [5, 5.41) is 8.73. The van der Waals surface area contributed by atoms with Gasteiger partial charge in [-0.25, -0.2) is 4.68 Å². The fourth-order valence-corrected chi connectivity index (χ4v) is 3.63. The van der Waals surface area contributed by atoms with Gasteiger partial charge in [-0.2, -0.15) is 5.10 Å². The van der Waals surface area contributed by atoms with Crippen LogP contribution in [0.4, 0.5) is 11.4 Å². The van der Waals surface area contributed by atoms with E-state index in [0.29, 0.717) is 39.5 Å². The lowest BCUT2D eigenvalue weighted by Crippen LogP contribution is -2.29. The fraction of sp³-hybridized carbons (Fsp3) is 0.227. The molecule has 0 amide bonds. The maximum Gasteiger partial charge on any atom is 0.291 e. The van der Waals surface area contributed by atoms with Crippen molar-refractivity contribution in [2.45, 2.75) is 26.3 Å². The van der Waals surface area contributed by atoms with Gasteiger partial charge in [0.15, 0.2) is 5.78 Å². The Morgan fingerprint density at radius 2 is 1.83 bits per heavy atom. The average Bonchev–Trinajstić information content (AvgIpc) is 3.48. The van der Waals surface area contributed by atoms with Gasteiger partial charge in [0.05, 0.1) is 5.56 Å². The number of aromatic nitrogens is 2. The van der Waals surface area contributed by atoms with Crippen LogP contribution in [0, 0.1) is 5.92 Å². The molecule has 1 aromatic heterocycles. The summed E-state index contributed by atoms with van der Waals surface area (Å²) >= 11 is 12.3. The normalized spacial score (nSPS) is 13.3. The largest absolute Gasteiger partial charge is 0.350 e. The summed E-state index contributed by atoms with van der Waals surface area (Å²) in [7, 11) is 0. The van der Waals surface area contributed by atoms with Crippen LogP contribution in [0.25, 0.3) is 11.3 Å². The topological polar surface area (TPSA) is 64.0 Å². The van der Waals surface area contributed by atoms with Crippen LogP contribution < -0.4 is 10.9 Å². The molecule has 1 saturated carbocycles. The predicted molar refractivity (Wildman–Crippen MR) is 116 cm³/mol. The van der Waals surface area contributed by atoms with Crippen molar-refractivity contribution in [3.8, 4) is 11.3 Å². The van der Waals surface area contributed by atoms with E-state index in [1.54, 1.807) is 42.5 Å². The van der Waals surface area contributed by atoms with Crippen molar-refractivity contribution in [3.63, 3.8) is 0 Å². The van der Waals surface area contributed by atoms with Crippen molar-refractivity contribution in [3.05, 3.63) is 74.5 Å². The van der Waals surface area contributed by atoms with E-state index in [1.807, 2.05) is 6.07 Å². The van der Waals surface area contributed by atoms with E-state index in [2.05, 4.69) is 10.4 Å². The fourth-order valence-electron chi connectivity index (χ4n) is 3.25. The van der Waals surface area contributed by atoms with Crippen LogP contribution in [-0.4, -0.2) is 15.6 Å². The van der Waals surface area contributed by atoms with Gasteiger partial charge in [0.25, 0.3) is 5.56 Å². The molecule has 1 N–H and O–H groups in total. The van der Waals surface area contributed by atoms with E-state index in [0.717, 1.165) is 12.8 Å². The summed E-state index contributed by atoms with van der Waals surface area (Å²) < 4.78 is 1.45. The van der Waals surface area contributed by atoms with Crippen LogP contribution >= 0.6 is 23.2 Å². The highest BCUT2D eigenvalue weighted by molar-refractivity contribution is 6.31. The molecule has 7 heteroatoms. The Bertz CT molecular complexity index is 1150. The molecule has 0 aliphatic heterocycles. The highest BCUT2D eigenvalue weighted by Crippen LogP contribution is 2.32. The van der Waals surface area contributed by atoms with Gasteiger partial charge in [0.1, 0.15) is 11.4 Å². The maximum absolute atomic E-state index is 13.2. The number of hydrogen-bond acceptors (Lipinski definition) is 4. The number of anilines is 2. The van der Waals surface area contributed by atoms with Gasteiger partial charge < -0.3 is 5.32 Å². The van der Waals surface area contributed by atoms with Crippen LogP contribution in [0.1, 0.15) is 30.1 Å². The monoisotopic (exact) mass is 427 g/mol. The molecule has 5 nitrogen and oxygen atoms in total. The number of halogens is 2. The molecule has 0 saturated heterocycles. The van der Waals surface area contributed by atoms with Gasteiger partial charge in [-0.1, -0.05) is 41.4 Å². The molecule has 29 heavy (non-hydrogen) atoms. The van der Waals surface area contributed by atoms with E-state index in [-0.39, 0.29) is 22.6 Å². The van der Waals surface area contributed by atoms with Gasteiger partial charge >= 0.3 is 0 Å². The van der Waals surface area contributed by atoms with E-state index in [9.17, 15) is 9.59 Å². The summed E-state index contributed by atoms with van der Waals surface area (Å²) in [5.41, 5.74) is 1.85. The molecule has 1 aliphatic carbocycles. The Kier molecular flexibility index (Phi) is 5.43. The Hall–Kier alpha value is -2.63. The van der Waals surface area contributed by atoms with E-state index >= 15 is 0 Å². The molecule has 1 heterocycles. The highest BCUT2D eigenvalue weighted by Gasteiger charge is 2.27. The van der Waals surface area contributed by atoms with Crippen molar-refractivity contribution in [2.24, 2.45) is 5.92 Å². The minimum atomic E-state index is -0.326. The molecule has 0 bridgehead atoms. The smallest absolute Gasteiger partial charge is 0.291 e. The molecule has 1 aliphatic rings. The number of carbonyl (C=O) groups excluding carboxylic acids is 1. The van der Waals surface area contributed by atoms with Crippen LogP contribution in [0.2, 0.25) is 10.0 Å². The number of nitrogens with one attached hydrogen (secondary N) is 1. The lowest BCUT2D eigenvalue weighted by Gasteiger charge is -2.17. The molecule has 0 radical (unpaired) electrons. The minimum absolute atomic E-state index is 0.199. The number of nitrogens with zero attached hydrogens (tertiary/aromatic N) is 2. The number of ketones is 1. The van der Waals surface area contributed by atoms with E-state index in [1.165, 1.54) is 11.6 Å². The zero-order valence-corrected chi connectivity index (χ0v) is 17.3.